The Bertz CT molecular complexity index is 153. The van der Waals surface area contributed by atoms with Crippen molar-refractivity contribution >= 4 is 17.3 Å². The molecule has 11 heavy (non-hydrogen) atoms. The van der Waals surface area contributed by atoms with Gasteiger partial charge < -0.3 is 14.4 Å². The van der Waals surface area contributed by atoms with E-state index in [0.29, 0.717) is 0 Å². The average molecular weight is 164 g/mol. The monoisotopic (exact) mass is 164 g/mol. The molecule has 0 N–H and O–H groups in total. The quantitative estimate of drug-likeness (QED) is 0.260. The zero-order chi connectivity index (χ0) is 8.31. The van der Waals surface area contributed by atoms with Crippen LogP contribution in [-0.4, -0.2) is 17.3 Å². The molecule has 56 valence electrons. The summed E-state index contributed by atoms with van der Waals surface area (Å²) in [6, 6.07) is 0. The molecule has 0 aromatic carbocycles. The maximum Gasteiger partial charge on any atom is 1.00 e. The molecule has 0 radical (unpaired) electrons. The van der Waals surface area contributed by atoms with Gasteiger partial charge in [-0.1, -0.05) is 0 Å². The van der Waals surface area contributed by atoms with Gasteiger partial charge in [-0.25, -0.2) is 0 Å². The summed E-state index contributed by atoms with van der Waals surface area (Å²) < 4.78 is 0. The van der Waals surface area contributed by atoms with Crippen LogP contribution in [-0.2, 0) is 14.4 Å². The standard InChI is InChI=1S/C7H9O3.Na/c1-4(8)7(5(2)9)6(3)10;/h1-3H3;/q-1;+1. The first-order valence-corrected chi connectivity index (χ1v) is 2.86. The van der Waals surface area contributed by atoms with Gasteiger partial charge in [0.15, 0.2) is 0 Å². The fraction of sp³-hybridized carbons (Fsp3) is 0.429. The van der Waals surface area contributed by atoms with Gasteiger partial charge in [0.05, 0.1) is 0 Å². The predicted octanol–water partition coefficient (Wildman–Crippen LogP) is -2.67. The molecule has 0 fully saturated rings. The number of carbonyl (C=O) groups is 3. The minimum atomic E-state index is -0.458. The number of Topliss-reactive ketones (excluding diaryl/α,β-unsaturated/α-hetero) is 3. The minimum Gasteiger partial charge on any atom is -0.334 e. The van der Waals surface area contributed by atoms with Gasteiger partial charge in [-0.3, -0.25) is 0 Å². The van der Waals surface area contributed by atoms with E-state index in [2.05, 4.69) is 0 Å². The van der Waals surface area contributed by atoms with Crippen molar-refractivity contribution in [2.75, 3.05) is 0 Å². The Morgan fingerprint density at radius 3 is 1.00 bits per heavy atom. The van der Waals surface area contributed by atoms with Gasteiger partial charge in [-0.2, -0.15) is 5.92 Å². The van der Waals surface area contributed by atoms with Crippen LogP contribution in [0.25, 0.3) is 0 Å². The Balaban J connectivity index is 0. The summed E-state index contributed by atoms with van der Waals surface area (Å²) in [5, 5.41) is 0. The first-order valence-electron chi connectivity index (χ1n) is 2.86. The normalized spacial score (nSPS) is 7.91. The van der Waals surface area contributed by atoms with Crippen LogP contribution < -0.4 is 29.6 Å². The maximum atomic E-state index is 10.5. The molecule has 3 nitrogen and oxygen atoms in total. The van der Waals surface area contributed by atoms with Crippen molar-refractivity contribution in [3.8, 4) is 0 Å². The van der Waals surface area contributed by atoms with E-state index in [9.17, 15) is 14.4 Å². The third-order valence-electron chi connectivity index (χ3n) is 1.06. The van der Waals surface area contributed by atoms with Gasteiger partial charge in [0.2, 0.25) is 0 Å². The van der Waals surface area contributed by atoms with Crippen LogP contribution in [0.5, 0.6) is 0 Å². The van der Waals surface area contributed by atoms with Crippen molar-refractivity contribution in [1.82, 2.24) is 0 Å². The van der Waals surface area contributed by atoms with E-state index in [1.807, 2.05) is 0 Å². The van der Waals surface area contributed by atoms with E-state index in [1.165, 1.54) is 20.8 Å². The molecule has 0 aromatic rings. The van der Waals surface area contributed by atoms with Gasteiger partial charge >= 0.3 is 29.6 Å². The van der Waals surface area contributed by atoms with E-state index < -0.39 is 17.3 Å². The van der Waals surface area contributed by atoms with Crippen LogP contribution in [0.1, 0.15) is 20.8 Å². The molecular formula is C7H9NaO3. The molecule has 0 aliphatic heterocycles. The Morgan fingerprint density at radius 2 is 1.00 bits per heavy atom. The second kappa shape index (κ2) is 5.52. The molecule has 0 aliphatic rings. The molecule has 0 saturated carbocycles. The molecule has 4 heteroatoms. The first-order chi connectivity index (χ1) is 4.46. The van der Waals surface area contributed by atoms with Crippen molar-refractivity contribution in [3.63, 3.8) is 0 Å². The number of hydrogen-bond donors (Lipinski definition) is 0. The van der Waals surface area contributed by atoms with E-state index >= 15 is 0 Å². The molecular weight excluding hydrogens is 155 g/mol. The Morgan fingerprint density at radius 1 is 0.818 bits per heavy atom. The molecule has 0 amide bonds. The van der Waals surface area contributed by atoms with Gasteiger partial charge in [0.1, 0.15) is 0 Å². The van der Waals surface area contributed by atoms with E-state index in [0.717, 1.165) is 0 Å². The summed E-state index contributed by atoms with van der Waals surface area (Å²) >= 11 is 0. The fourth-order valence-electron chi connectivity index (χ4n) is 0.744. The van der Waals surface area contributed by atoms with Crippen molar-refractivity contribution in [2.45, 2.75) is 20.8 Å². The minimum absolute atomic E-state index is 0. The van der Waals surface area contributed by atoms with Gasteiger partial charge in [0, 0.05) is 17.3 Å². The Labute approximate surface area is 87.8 Å². The summed E-state index contributed by atoms with van der Waals surface area (Å²) in [6.07, 6.45) is 0. The SMILES string of the molecule is CC(=O)[C-](C(C)=O)C(C)=O.[Na+]. The second-order valence-corrected chi connectivity index (χ2v) is 2.04. The molecule has 0 unspecified atom stereocenters. The van der Waals surface area contributed by atoms with Gasteiger partial charge in [-0.15, -0.1) is 0 Å². The van der Waals surface area contributed by atoms with Crippen molar-refractivity contribution in [1.29, 1.82) is 0 Å². The van der Waals surface area contributed by atoms with Crippen molar-refractivity contribution in [3.05, 3.63) is 5.92 Å². The Kier molecular flexibility index (Phi) is 6.76. The molecule has 0 saturated heterocycles. The smallest absolute Gasteiger partial charge is 0.334 e. The molecule has 0 spiro atoms. The molecule has 0 bridgehead atoms. The molecule has 0 atom stereocenters. The Hall–Kier alpha value is -0.120. The number of carbonyl (C=O) groups excluding carboxylic acids is 3. The van der Waals surface area contributed by atoms with Crippen LogP contribution in [0.15, 0.2) is 0 Å². The van der Waals surface area contributed by atoms with E-state index in [4.69, 9.17) is 0 Å². The summed E-state index contributed by atoms with van der Waals surface area (Å²) in [6.45, 7) is 3.62. The fourth-order valence-corrected chi connectivity index (χ4v) is 0.744. The summed E-state index contributed by atoms with van der Waals surface area (Å²) in [7, 11) is 0. The predicted molar refractivity (Wildman–Crippen MR) is 35.3 cm³/mol. The third kappa shape index (κ3) is 4.35. The third-order valence-corrected chi connectivity index (χ3v) is 1.06. The summed E-state index contributed by atoms with van der Waals surface area (Å²) in [5.41, 5.74) is 0. The molecule has 0 rings (SSSR count). The zero-order valence-corrected chi connectivity index (χ0v) is 9.22. The van der Waals surface area contributed by atoms with E-state index in [-0.39, 0.29) is 35.5 Å². The molecule has 0 heterocycles. The van der Waals surface area contributed by atoms with Crippen LogP contribution in [0.4, 0.5) is 0 Å². The molecule has 0 aromatic heterocycles. The van der Waals surface area contributed by atoms with Crippen LogP contribution in [0.3, 0.4) is 0 Å². The number of ketones is 3. The van der Waals surface area contributed by atoms with E-state index in [1.54, 1.807) is 0 Å². The zero-order valence-electron chi connectivity index (χ0n) is 7.22. The largest absolute Gasteiger partial charge is 1.00 e. The maximum absolute atomic E-state index is 10.5. The summed E-state index contributed by atoms with van der Waals surface area (Å²) in [5.74, 6) is -1.60. The van der Waals surface area contributed by atoms with Crippen molar-refractivity contribution in [2.24, 2.45) is 0 Å². The van der Waals surface area contributed by atoms with Crippen LogP contribution in [0.2, 0.25) is 0 Å². The van der Waals surface area contributed by atoms with Crippen LogP contribution >= 0.6 is 0 Å². The van der Waals surface area contributed by atoms with Crippen molar-refractivity contribution < 1.29 is 43.9 Å². The van der Waals surface area contributed by atoms with Gasteiger partial charge in [-0.05, 0) is 20.8 Å². The number of hydrogen-bond acceptors (Lipinski definition) is 3. The second-order valence-electron chi connectivity index (χ2n) is 2.04. The number of rotatable bonds is 3. The van der Waals surface area contributed by atoms with Gasteiger partial charge in [0.25, 0.3) is 0 Å². The summed E-state index contributed by atoms with van der Waals surface area (Å²) in [4.78, 5) is 31.6. The first kappa shape index (κ1) is 13.5. The van der Waals surface area contributed by atoms with Crippen LogP contribution in [0, 0.1) is 5.92 Å². The average Bonchev–Trinajstić information content (AvgIpc) is 1.59. The molecule has 0 aliphatic carbocycles. The topological polar surface area (TPSA) is 51.2 Å².